The Morgan fingerprint density at radius 2 is 1.94 bits per heavy atom. The molecule has 2 rings (SSSR count). The van der Waals surface area contributed by atoms with Gasteiger partial charge in [-0.1, -0.05) is 0 Å². The Labute approximate surface area is 96.4 Å². The van der Waals surface area contributed by atoms with Crippen LogP contribution < -0.4 is 5.32 Å². The average Bonchev–Trinajstić information content (AvgIpc) is 2.83. The summed E-state index contributed by atoms with van der Waals surface area (Å²) in [6, 6.07) is 6.02. The molecule has 1 N–H and O–H groups in total. The molecule has 0 aliphatic rings. The van der Waals surface area contributed by atoms with Crippen LogP contribution in [-0.2, 0) is 0 Å². The third-order valence-electron chi connectivity index (χ3n) is 2.25. The number of nitrogens with one attached hydrogen (secondary N) is 1. The monoisotopic (exact) mass is 239 g/mol. The number of alkyl halides is 2. The number of rotatable bonds is 4. The largest absolute Gasteiger partial charge is 0.377 e. The molecule has 7 heteroatoms. The van der Waals surface area contributed by atoms with Gasteiger partial charge in [0.1, 0.15) is 6.33 Å². The van der Waals surface area contributed by atoms with E-state index in [-0.39, 0.29) is 0 Å². The van der Waals surface area contributed by atoms with E-state index in [0.29, 0.717) is 5.69 Å². The van der Waals surface area contributed by atoms with Crippen LogP contribution in [0.25, 0.3) is 5.69 Å². The minimum absolute atomic E-state index is 0.634. The highest BCUT2D eigenvalue weighted by atomic mass is 19.3. The fourth-order valence-corrected chi connectivity index (χ4v) is 1.32. The van der Waals surface area contributed by atoms with Gasteiger partial charge in [0.25, 0.3) is 6.43 Å². The number of nitrogens with zero attached hydrogens (tertiary/aromatic N) is 4. The molecule has 1 atom stereocenters. The third kappa shape index (κ3) is 2.74. The van der Waals surface area contributed by atoms with Crippen LogP contribution in [0.2, 0.25) is 0 Å². The number of anilines is 1. The van der Waals surface area contributed by atoms with Crippen molar-refractivity contribution in [2.24, 2.45) is 0 Å². The molecule has 1 heterocycles. The van der Waals surface area contributed by atoms with E-state index in [9.17, 15) is 8.78 Å². The first-order valence-electron chi connectivity index (χ1n) is 5.05. The van der Waals surface area contributed by atoms with Gasteiger partial charge in [0.15, 0.2) is 0 Å². The highest BCUT2D eigenvalue weighted by molar-refractivity contribution is 5.48. The van der Waals surface area contributed by atoms with Crippen molar-refractivity contribution in [3.63, 3.8) is 0 Å². The van der Waals surface area contributed by atoms with Crippen molar-refractivity contribution in [3.8, 4) is 5.69 Å². The van der Waals surface area contributed by atoms with Gasteiger partial charge in [0.05, 0.1) is 11.7 Å². The van der Waals surface area contributed by atoms with Gasteiger partial charge in [-0.15, -0.1) is 5.10 Å². The molecule has 0 saturated carbocycles. The summed E-state index contributed by atoms with van der Waals surface area (Å²) in [5, 5.41) is 13.4. The van der Waals surface area contributed by atoms with Crippen LogP contribution >= 0.6 is 0 Å². The molecule has 17 heavy (non-hydrogen) atoms. The zero-order valence-corrected chi connectivity index (χ0v) is 9.09. The summed E-state index contributed by atoms with van der Waals surface area (Å²) in [4.78, 5) is 0. The number of hydrogen-bond donors (Lipinski definition) is 1. The van der Waals surface area contributed by atoms with E-state index < -0.39 is 12.5 Å². The topological polar surface area (TPSA) is 55.6 Å². The van der Waals surface area contributed by atoms with E-state index in [4.69, 9.17) is 0 Å². The summed E-state index contributed by atoms with van der Waals surface area (Å²) in [5.41, 5.74) is 1.40. The normalized spacial score (nSPS) is 12.7. The molecule has 2 aromatic rings. The Balaban J connectivity index is 2.08. The van der Waals surface area contributed by atoms with Crippen molar-refractivity contribution in [2.45, 2.75) is 19.4 Å². The first-order valence-corrected chi connectivity index (χ1v) is 5.05. The summed E-state index contributed by atoms with van der Waals surface area (Å²) < 4.78 is 26.1. The molecule has 0 amide bonds. The van der Waals surface area contributed by atoms with Crippen LogP contribution in [0.5, 0.6) is 0 Å². The van der Waals surface area contributed by atoms with Gasteiger partial charge in [-0.05, 0) is 41.6 Å². The van der Waals surface area contributed by atoms with Crippen molar-refractivity contribution in [1.29, 1.82) is 0 Å². The van der Waals surface area contributed by atoms with Gasteiger partial charge in [-0.3, -0.25) is 0 Å². The van der Waals surface area contributed by atoms with E-state index in [2.05, 4.69) is 20.8 Å². The summed E-state index contributed by atoms with van der Waals surface area (Å²) in [7, 11) is 0. The average molecular weight is 239 g/mol. The van der Waals surface area contributed by atoms with E-state index in [1.165, 1.54) is 17.9 Å². The molecule has 0 saturated heterocycles. The predicted octanol–water partition coefficient (Wildman–Crippen LogP) is 1.73. The van der Waals surface area contributed by atoms with Crippen molar-refractivity contribution in [1.82, 2.24) is 20.2 Å². The van der Waals surface area contributed by atoms with Crippen molar-refractivity contribution >= 4 is 5.69 Å². The SMILES string of the molecule is CC(Nc1ccc(-n2cnnn2)cc1)C(F)F. The van der Waals surface area contributed by atoms with Gasteiger partial charge < -0.3 is 5.32 Å². The van der Waals surface area contributed by atoms with Crippen LogP contribution in [0.4, 0.5) is 14.5 Å². The Bertz CT molecular complexity index is 454. The lowest BCUT2D eigenvalue weighted by molar-refractivity contribution is 0.131. The van der Waals surface area contributed by atoms with Crippen LogP contribution in [0.15, 0.2) is 30.6 Å². The van der Waals surface area contributed by atoms with Crippen LogP contribution in [0.1, 0.15) is 6.92 Å². The minimum Gasteiger partial charge on any atom is -0.377 e. The highest BCUT2D eigenvalue weighted by Gasteiger charge is 2.13. The first kappa shape index (κ1) is 11.4. The van der Waals surface area contributed by atoms with E-state index in [1.807, 2.05) is 0 Å². The van der Waals surface area contributed by atoms with Gasteiger partial charge >= 0.3 is 0 Å². The van der Waals surface area contributed by atoms with Crippen LogP contribution in [-0.4, -0.2) is 32.7 Å². The second-order valence-corrected chi connectivity index (χ2v) is 3.57. The van der Waals surface area contributed by atoms with Gasteiger partial charge in [-0.25, -0.2) is 13.5 Å². The molecular weight excluding hydrogens is 228 g/mol. The molecule has 0 radical (unpaired) electrons. The van der Waals surface area contributed by atoms with Gasteiger partial charge in [-0.2, -0.15) is 0 Å². The fraction of sp³-hybridized carbons (Fsp3) is 0.300. The summed E-state index contributed by atoms with van der Waals surface area (Å²) in [6.07, 6.45) is -0.932. The van der Waals surface area contributed by atoms with Crippen molar-refractivity contribution in [2.75, 3.05) is 5.32 Å². The lowest BCUT2D eigenvalue weighted by Crippen LogP contribution is -2.23. The van der Waals surface area contributed by atoms with Gasteiger partial charge in [0.2, 0.25) is 0 Å². The molecule has 5 nitrogen and oxygen atoms in total. The summed E-state index contributed by atoms with van der Waals surface area (Å²) in [6.45, 7) is 1.43. The minimum atomic E-state index is -2.39. The zero-order chi connectivity index (χ0) is 12.3. The standard InChI is InChI=1S/C10H11F2N5/c1-7(10(11)12)14-8-2-4-9(5-3-8)17-6-13-15-16-17/h2-7,10,14H,1H3. The number of halogens is 2. The van der Waals surface area contributed by atoms with E-state index >= 15 is 0 Å². The highest BCUT2D eigenvalue weighted by Crippen LogP contribution is 2.14. The number of tetrazole rings is 1. The smallest absolute Gasteiger partial charge is 0.258 e. The van der Waals surface area contributed by atoms with Crippen LogP contribution in [0.3, 0.4) is 0 Å². The molecule has 0 aliphatic carbocycles. The van der Waals surface area contributed by atoms with E-state index in [1.54, 1.807) is 24.3 Å². The van der Waals surface area contributed by atoms with Gasteiger partial charge in [0, 0.05) is 5.69 Å². The lowest BCUT2D eigenvalue weighted by atomic mass is 10.2. The summed E-state index contributed by atoms with van der Waals surface area (Å²) >= 11 is 0. The lowest BCUT2D eigenvalue weighted by Gasteiger charge is -2.14. The van der Waals surface area contributed by atoms with Crippen LogP contribution in [0, 0.1) is 0 Å². The first-order chi connectivity index (χ1) is 8.16. The number of hydrogen-bond acceptors (Lipinski definition) is 4. The Morgan fingerprint density at radius 1 is 1.24 bits per heavy atom. The molecule has 1 unspecified atom stereocenters. The Hall–Kier alpha value is -2.05. The molecule has 0 aliphatic heterocycles. The quantitative estimate of drug-likeness (QED) is 0.882. The molecule has 0 fully saturated rings. The third-order valence-corrected chi connectivity index (χ3v) is 2.25. The maximum Gasteiger partial charge on any atom is 0.258 e. The molecular formula is C10H11F2N5. The second-order valence-electron chi connectivity index (χ2n) is 3.57. The number of benzene rings is 1. The molecule has 1 aromatic carbocycles. The zero-order valence-electron chi connectivity index (χ0n) is 9.09. The van der Waals surface area contributed by atoms with E-state index in [0.717, 1.165) is 5.69 Å². The molecule has 0 bridgehead atoms. The van der Waals surface area contributed by atoms with Crippen molar-refractivity contribution < 1.29 is 8.78 Å². The fourth-order valence-electron chi connectivity index (χ4n) is 1.32. The number of aromatic nitrogens is 4. The second kappa shape index (κ2) is 4.86. The molecule has 90 valence electrons. The Kier molecular flexibility index (Phi) is 3.27. The summed E-state index contributed by atoms with van der Waals surface area (Å²) in [5.74, 6) is 0. The molecule has 1 aromatic heterocycles. The maximum absolute atomic E-state index is 12.3. The molecule has 0 spiro atoms. The van der Waals surface area contributed by atoms with Crippen molar-refractivity contribution in [3.05, 3.63) is 30.6 Å². The Morgan fingerprint density at radius 3 is 2.47 bits per heavy atom. The predicted molar refractivity (Wildman–Crippen MR) is 58.2 cm³/mol. The maximum atomic E-state index is 12.3.